The molecule has 1 aromatic carbocycles. The maximum Gasteiger partial charge on any atom is 0.132 e. The molecule has 0 atom stereocenters. The van der Waals surface area contributed by atoms with Crippen molar-refractivity contribution in [2.75, 3.05) is 0 Å². The van der Waals surface area contributed by atoms with Gasteiger partial charge in [-0.05, 0) is 55.7 Å². The first-order valence-corrected chi connectivity index (χ1v) is 11.5. The van der Waals surface area contributed by atoms with E-state index < -0.39 is 0 Å². The quantitative estimate of drug-likeness (QED) is 0.412. The molecule has 0 unspecified atom stereocenters. The minimum Gasteiger partial charge on any atom is -0.206 e. The maximum absolute atomic E-state index is 14.6. The van der Waals surface area contributed by atoms with Crippen LogP contribution >= 0.6 is 11.3 Å². The maximum atomic E-state index is 14.6. The number of allylic oxidation sites excluding steroid dienone is 4. The lowest BCUT2D eigenvalue weighted by molar-refractivity contribution is 0.320. The summed E-state index contributed by atoms with van der Waals surface area (Å²) in [5.41, 5.74) is 4.45. The first-order valence-electron chi connectivity index (χ1n) is 10.6. The standard InChI is InChI=1S/C23H25B2FS.C2H6/c1-14-4-8-17(9-5-14)15(2)6-7-16(3)18-10-11-19(21(26)12-18)22-13-20(24)23(25)27-22;1-2/h6-7,10-14,17H,4-5,8-9H2,1-3H3;1-2H3/b15-6+,16-7+;. The van der Waals surface area contributed by atoms with Crippen molar-refractivity contribution >= 4 is 42.8 Å². The van der Waals surface area contributed by atoms with Gasteiger partial charge < -0.3 is 0 Å². The van der Waals surface area contributed by atoms with Crippen LogP contribution in [0.5, 0.6) is 0 Å². The molecular weight excluding hydrogens is 373 g/mol. The number of rotatable bonds is 4. The Bertz CT molecular complexity index is 851. The lowest BCUT2D eigenvalue weighted by Gasteiger charge is -2.26. The average Bonchev–Trinajstić information content (AvgIpc) is 3.06. The molecule has 3 rings (SSSR count). The Labute approximate surface area is 183 Å². The normalized spacial score (nSPS) is 20.2. The van der Waals surface area contributed by atoms with E-state index >= 15 is 0 Å². The van der Waals surface area contributed by atoms with Crippen molar-refractivity contribution < 1.29 is 4.39 Å². The molecule has 4 radical (unpaired) electrons. The predicted molar refractivity (Wildman–Crippen MR) is 130 cm³/mol. The van der Waals surface area contributed by atoms with Crippen molar-refractivity contribution in [1.82, 2.24) is 0 Å². The second-order valence-electron chi connectivity index (χ2n) is 7.84. The molecule has 1 aliphatic rings. The van der Waals surface area contributed by atoms with Crippen LogP contribution in [0.3, 0.4) is 0 Å². The molecule has 29 heavy (non-hydrogen) atoms. The van der Waals surface area contributed by atoms with Gasteiger partial charge in [0.05, 0.1) is 0 Å². The van der Waals surface area contributed by atoms with E-state index in [0.717, 1.165) is 21.9 Å². The number of thiophene rings is 1. The smallest absolute Gasteiger partial charge is 0.132 e. The fraction of sp³-hybridized carbons (Fsp3) is 0.440. The lowest BCUT2D eigenvalue weighted by Crippen LogP contribution is -2.18. The van der Waals surface area contributed by atoms with Gasteiger partial charge in [0.15, 0.2) is 0 Å². The van der Waals surface area contributed by atoms with Gasteiger partial charge in [0.2, 0.25) is 0 Å². The summed E-state index contributed by atoms with van der Waals surface area (Å²) >= 11 is 1.31. The van der Waals surface area contributed by atoms with Crippen molar-refractivity contribution in [2.24, 2.45) is 11.8 Å². The van der Waals surface area contributed by atoms with Gasteiger partial charge in [0.25, 0.3) is 0 Å². The van der Waals surface area contributed by atoms with Crippen molar-refractivity contribution in [2.45, 2.75) is 60.3 Å². The first-order chi connectivity index (χ1) is 13.8. The minimum atomic E-state index is -0.247. The molecule has 1 aromatic heterocycles. The Morgan fingerprint density at radius 2 is 1.69 bits per heavy atom. The third kappa shape index (κ3) is 6.22. The molecule has 0 bridgehead atoms. The van der Waals surface area contributed by atoms with E-state index in [1.165, 1.54) is 42.6 Å². The first kappa shape index (κ1) is 23.7. The number of hydrogen-bond acceptors (Lipinski definition) is 1. The molecule has 4 heteroatoms. The van der Waals surface area contributed by atoms with Crippen LogP contribution in [0.25, 0.3) is 16.0 Å². The van der Waals surface area contributed by atoms with Gasteiger partial charge in [-0.1, -0.05) is 79.8 Å². The van der Waals surface area contributed by atoms with Gasteiger partial charge >= 0.3 is 0 Å². The second kappa shape index (κ2) is 11.0. The molecule has 1 heterocycles. The van der Waals surface area contributed by atoms with E-state index in [-0.39, 0.29) is 5.82 Å². The molecule has 0 nitrogen and oxygen atoms in total. The summed E-state index contributed by atoms with van der Waals surface area (Å²) in [6, 6.07) is 7.10. The van der Waals surface area contributed by atoms with Crippen LogP contribution in [-0.2, 0) is 0 Å². The van der Waals surface area contributed by atoms with Crippen LogP contribution < -0.4 is 10.2 Å². The highest BCUT2D eigenvalue weighted by Crippen LogP contribution is 2.33. The molecule has 2 aromatic rings. The van der Waals surface area contributed by atoms with Gasteiger partial charge in [-0.3, -0.25) is 0 Å². The minimum absolute atomic E-state index is 0.247. The van der Waals surface area contributed by atoms with Gasteiger partial charge in [-0.15, -0.1) is 0 Å². The van der Waals surface area contributed by atoms with Gasteiger partial charge in [-0.25, -0.2) is 4.39 Å². The molecule has 150 valence electrons. The van der Waals surface area contributed by atoms with Crippen molar-refractivity contribution in [3.05, 3.63) is 53.4 Å². The fourth-order valence-electron chi connectivity index (χ4n) is 3.72. The third-order valence-electron chi connectivity index (χ3n) is 5.74. The molecule has 0 N–H and O–H groups in total. The molecule has 0 saturated heterocycles. The molecule has 0 aliphatic heterocycles. The fourth-order valence-corrected chi connectivity index (χ4v) is 4.59. The Hall–Kier alpha value is -1.54. The van der Waals surface area contributed by atoms with Crippen LogP contribution in [0.15, 0.2) is 42.0 Å². The van der Waals surface area contributed by atoms with Crippen molar-refractivity contribution in [3.63, 3.8) is 0 Å². The molecule has 1 fully saturated rings. The summed E-state index contributed by atoms with van der Waals surface area (Å²) < 4.78 is 15.2. The van der Waals surface area contributed by atoms with Crippen LogP contribution in [0.4, 0.5) is 4.39 Å². The summed E-state index contributed by atoms with van der Waals surface area (Å²) in [6.45, 7) is 10.6. The zero-order valence-electron chi connectivity index (χ0n) is 18.4. The summed E-state index contributed by atoms with van der Waals surface area (Å²) in [5, 5.41) is 0. The third-order valence-corrected chi connectivity index (χ3v) is 6.75. The Morgan fingerprint density at radius 1 is 1.03 bits per heavy atom. The molecule has 0 amide bonds. The molecule has 1 saturated carbocycles. The monoisotopic (exact) mass is 404 g/mol. The van der Waals surface area contributed by atoms with E-state index in [4.69, 9.17) is 15.7 Å². The van der Waals surface area contributed by atoms with Gasteiger partial charge in [0, 0.05) is 10.4 Å². The van der Waals surface area contributed by atoms with Crippen molar-refractivity contribution in [3.8, 4) is 10.4 Å². The number of hydrogen-bond donors (Lipinski definition) is 0. The van der Waals surface area contributed by atoms with Gasteiger partial charge in [-0.2, -0.15) is 11.3 Å². The molecule has 1 aliphatic carbocycles. The predicted octanol–water partition coefficient (Wildman–Crippen LogP) is 6.34. The zero-order valence-corrected chi connectivity index (χ0v) is 19.2. The highest BCUT2D eigenvalue weighted by molar-refractivity contribution is 7.24. The Balaban J connectivity index is 0.00000145. The SMILES string of the molecule is CC.[B]c1cc(-c2ccc(/C(C)=C/C=C(\C)C3CCC(C)CC3)cc2F)sc1[B]. The topological polar surface area (TPSA) is 0 Å². The van der Waals surface area contributed by atoms with E-state index in [1.807, 2.05) is 32.9 Å². The highest BCUT2D eigenvalue weighted by atomic mass is 32.1. The zero-order chi connectivity index (χ0) is 21.6. The number of benzene rings is 1. The second-order valence-corrected chi connectivity index (χ2v) is 8.93. The van der Waals surface area contributed by atoms with E-state index in [2.05, 4.69) is 26.0 Å². The van der Waals surface area contributed by atoms with E-state index in [1.54, 1.807) is 12.1 Å². The van der Waals surface area contributed by atoms with Gasteiger partial charge in [0.1, 0.15) is 21.5 Å². The van der Waals surface area contributed by atoms with Crippen molar-refractivity contribution in [1.29, 1.82) is 0 Å². The highest BCUT2D eigenvalue weighted by Gasteiger charge is 2.18. The summed E-state index contributed by atoms with van der Waals surface area (Å²) in [6.07, 6.45) is 9.54. The van der Waals surface area contributed by atoms with Crippen LogP contribution in [-0.4, -0.2) is 15.7 Å². The summed E-state index contributed by atoms with van der Waals surface area (Å²) in [7, 11) is 11.6. The average molecular weight is 404 g/mol. The lowest BCUT2D eigenvalue weighted by atomic mass is 9.79. The van der Waals surface area contributed by atoms with E-state index in [9.17, 15) is 4.39 Å². The summed E-state index contributed by atoms with van der Waals surface area (Å²) in [4.78, 5) is 0.762. The molecular formula is C25H31B2FS. The number of halogens is 1. The van der Waals surface area contributed by atoms with Crippen LogP contribution in [0, 0.1) is 17.7 Å². The summed E-state index contributed by atoms with van der Waals surface area (Å²) in [5.74, 6) is 1.31. The van der Waals surface area contributed by atoms with Crippen LogP contribution in [0.1, 0.15) is 65.9 Å². The van der Waals surface area contributed by atoms with E-state index in [0.29, 0.717) is 21.7 Å². The molecule has 0 spiro atoms. The Morgan fingerprint density at radius 3 is 2.24 bits per heavy atom. The Kier molecular flexibility index (Phi) is 9.02. The van der Waals surface area contributed by atoms with Crippen LogP contribution in [0.2, 0.25) is 0 Å². The largest absolute Gasteiger partial charge is 0.206 e.